The Bertz CT molecular complexity index is 1280. The van der Waals surface area contributed by atoms with Gasteiger partial charge in [-0.15, -0.1) is 17.8 Å². The van der Waals surface area contributed by atoms with E-state index in [1.165, 1.54) is 36.5 Å². The van der Waals surface area contributed by atoms with Crippen LogP contribution in [-0.2, 0) is 22.6 Å². The Morgan fingerprint density at radius 1 is 1.16 bits per heavy atom. The SMILES string of the molecule is C#CCNS(=O)(=O)c1cccc(C(=O)Nc2ncc(Cc3cccc(C(F)(F)F)c3)s2)c1. The summed E-state index contributed by atoms with van der Waals surface area (Å²) < 4.78 is 65.2. The van der Waals surface area contributed by atoms with Gasteiger partial charge in [0.25, 0.3) is 5.91 Å². The molecule has 0 fully saturated rings. The van der Waals surface area contributed by atoms with Gasteiger partial charge in [0.2, 0.25) is 10.0 Å². The fraction of sp³-hybridized carbons (Fsp3) is 0.143. The van der Waals surface area contributed by atoms with E-state index < -0.39 is 27.7 Å². The third-order valence-corrected chi connectivity index (χ3v) is 6.49. The Hall–Kier alpha value is -3.20. The molecule has 6 nitrogen and oxygen atoms in total. The molecule has 11 heteroatoms. The average Bonchev–Trinajstić information content (AvgIpc) is 3.18. The zero-order chi connectivity index (χ0) is 23.4. The van der Waals surface area contributed by atoms with Crippen LogP contribution in [0.1, 0.15) is 26.4 Å². The molecule has 32 heavy (non-hydrogen) atoms. The molecule has 0 aliphatic rings. The summed E-state index contributed by atoms with van der Waals surface area (Å²) in [6.07, 6.45) is 2.31. The molecular formula is C21H16F3N3O3S2. The number of halogens is 3. The minimum atomic E-state index is -4.43. The molecule has 2 N–H and O–H groups in total. The quantitative estimate of drug-likeness (QED) is 0.503. The van der Waals surface area contributed by atoms with Crippen LogP contribution in [0.2, 0.25) is 0 Å². The van der Waals surface area contributed by atoms with Crippen LogP contribution in [0.15, 0.2) is 59.6 Å². The Labute approximate surface area is 186 Å². The van der Waals surface area contributed by atoms with Crippen LogP contribution in [0.5, 0.6) is 0 Å². The van der Waals surface area contributed by atoms with E-state index >= 15 is 0 Å². The highest BCUT2D eigenvalue weighted by molar-refractivity contribution is 7.89. The van der Waals surface area contributed by atoms with Gasteiger partial charge in [-0.1, -0.05) is 30.2 Å². The summed E-state index contributed by atoms with van der Waals surface area (Å²) >= 11 is 1.11. The van der Waals surface area contributed by atoms with Crippen molar-refractivity contribution in [1.82, 2.24) is 9.71 Å². The van der Waals surface area contributed by atoms with E-state index in [9.17, 15) is 26.4 Å². The van der Waals surface area contributed by atoms with Gasteiger partial charge >= 0.3 is 6.18 Å². The van der Waals surface area contributed by atoms with Gasteiger partial charge in [-0.2, -0.15) is 17.9 Å². The Kier molecular flexibility index (Phi) is 6.98. The van der Waals surface area contributed by atoms with Gasteiger partial charge in [0, 0.05) is 23.1 Å². The van der Waals surface area contributed by atoms with E-state index in [1.54, 1.807) is 6.07 Å². The minimum Gasteiger partial charge on any atom is -0.298 e. The highest BCUT2D eigenvalue weighted by Gasteiger charge is 2.30. The van der Waals surface area contributed by atoms with Gasteiger partial charge in [-0.05, 0) is 29.8 Å². The molecule has 0 aliphatic heterocycles. The molecule has 3 rings (SSSR count). The summed E-state index contributed by atoms with van der Waals surface area (Å²) in [6, 6.07) is 10.4. The molecule has 166 valence electrons. The lowest BCUT2D eigenvalue weighted by atomic mass is 10.1. The third kappa shape index (κ3) is 5.94. The summed E-state index contributed by atoms with van der Waals surface area (Å²) in [7, 11) is -3.86. The first kappa shape index (κ1) is 23.5. The number of amides is 1. The normalized spacial score (nSPS) is 11.7. The summed E-state index contributed by atoms with van der Waals surface area (Å²) in [5, 5.41) is 2.79. The fourth-order valence-corrected chi connectivity index (χ4v) is 4.52. The molecule has 0 unspecified atom stereocenters. The van der Waals surface area contributed by atoms with Crippen molar-refractivity contribution in [3.05, 3.63) is 76.3 Å². The number of benzene rings is 2. The van der Waals surface area contributed by atoms with Crippen molar-refractivity contribution in [2.24, 2.45) is 0 Å². The van der Waals surface area contributed by atoms with E-state index in [0.29, 0.717) is 10.4 Å². The number of hydrogen-bond donors (Lipinski definition) is 2. The largest absolute Gasteiger partial charge is 0.416 e. The summed E-state index contributed by atoms with van der Waals surface area (Å²) in [6.45, 7) is -0.188. The zero-order valence-corrected chi connectivity index (χ0v) is 17.9. The van der Waals surface area contributed by atoms with Crippen molar-refractivity contribution in [3.63, 3.8) is 0 Å². The number of anilines is 1. The van der Waals surface area contributed by atoms with Crippen molar-refractivity contribution in [1.29, 1.82) is 0 Å². The van der Waals surface area contributed by atoms with Crippen molar-refractivity contribution in [3.8, 4) is 12.3 Å². The molecule has 1 amide bonds. The zero-order valence-electron chi connectivity index (χ0n) is 16.3. The second kappa shape index (κ2) is 9.52. The smallest absolute Gasteiger partial charge is 0.298 e. The van der Waals surface area contributed by atoms with Crippen molar-refractivity contribution in [2.75, 3.05) is 11.9 Å². The fourth-order valence-electron chi connectivity index (χ4n) is 2.70. The molecular weight excluding hydrogens is 463 g/mol. The first-order valence-electron chi connectivity index (χ1n) is 9.04. The van der Waals surface area contributed by atoms with Crippen LogP contribution < -0.4 is 10.0 Å². The number of hydrogen-bond acceptors (Lipinski definition) is 5. The standard InChI is InChI=1S/C21H16F3N3O3S2/c1-2-9-26-32(29,30)18-8-4-6-15(12-18)19(28)27-20-25-13-17(31-20)11-14-5-3-7-16(10-14)21(22,23)24/h1,3-8,10,12-13,26H,9,11H2,(H,25,27,28). The second-order valence-corrected chi connectivity index (χ2v) is 9.40. The first-order valence-corrected chi connectivity index (χ1v) is 11.3. The average molecular weight is 480 g/mol. The highest BCUT2D eigenvalue weighted by atomic mass is 32.2. The Morgan fingerprint density at radius 3 is 2.62 bits per heavy atom. The number of terminal acetylenes is 1. The molecule has 1 heterocycles. The van der Waals surface area contributed by atoms with Crippen molar-refractivity contribution in [2.45, 2.75) is 17.5 Å². The predicted molar refractivity (Wildman–Crippen MR) is 115 cm³/mol. The summed E-state index contributed by atoms with van der Waals surface area (Å²) in [5.41, 5.74) is -0.193. The number of nitrogens with zero attached hydrogens (tertiary/aromatic N) is 1. The summed E-state index contributed by atoms with van der Waals surface area (Å²) in [5.74, 6) is 1.58. The number of alkyl halides is 3. The molecule has 0 aliphatic carbocycles. The summed E-state index contributed by atoms with van der Waals surface area (Å²) in [4.78, 5) is 17.1. The predicted octanol–water partition coefficient (Wildman–Crippen LogP) is 3.92. The van der Waals surface area contributed by atoms with Gasteiger partial charge in [0.1, 0.15) is 0 Å². The molecule has 3 aromatic rings. The van der Waals surface area contributed by atoms with E-state index in [4.69, 9.17) is 6.42 Å². The highest BCUT2D eigenvalue weighted by Crippen LogP contribution is 2.30. The van der Waals surface area contributed by atoms with E-state index in [2.05, 4.69) is 20.9 Å². The Morgan fingerprint density at radius 2 is 1.91 bits per heavy atom. The molecule has 1 aromatic heterocycles. The maximum atomic E-state index is 12.9. The molecule has 0 bridgehead atoms. The number of rotatable bonds is 7. The van der Waals surface area contributed by atoms with Crippen LogP contribution in [0, 0.1) is 12.3 Å². The topological polar surface area (TPSA) is 88.2 Å². The van der Waals surface area contributed by atoms with Gasteiger partial charge in [0.05, 0.1) is 17.0 Å². The lowest BCUT2D eigenvalue weighted by Gasteiger charge is -2.08. The molecule has 2 aromatic carbocycles. The number of sulfonamides is 1. The molecule has 0 saturated heterocycles. The first-order chi connectivity index (χ1) is 15.1. The minimum absolute atomic E-state index is 0.0863. The monoisotopic (exact) mass is 479 g/mol. The van der Waals surface area contributed by atoms with Crippen molar-refractivity contribution < 1.29 is 26.4 Å². The van der Waals surface area contributed by atoms with Crippen LogP contribution in [0.3, 0.4) is 0 Å². The maximum absolute atomic E-state index is 12.9. The molecule has 0 radical (unpaired) electrons. The van der Waals surface area contributed by atoms with E-state index in [-0.39, 0.29) is 28.6 Å². The number of nitrogens with one attached hydrogen (secondary N) is 2. The van der Waals surface area contributed by atoms with Crippen LogP contribution in [-0.4, -0.2) is 25.9 Å². The van der Waals surface area contributed by atoms with Gasteiger partial charge < -0.3 is 0 Å². The van der Waals surface area contributed by atoms with Gasteiger partial charge in [-0.3, -0.25) is 10.1 Å². The van der Waals surface area contributed by atoms with Gasteiger partial charge in [-0.25, -0.2) is 13.4 Å². The lowest BCUT2D eigenvalue weighted by Crippen LogP contribution is -2.24. The third-order valence-electron chi connectivity index (χ3n) is 4.18. The number of thiazole rings is 1. The van der Waals surface area contributed by atoms with Gasteiger partial charge in [0.15, 0.2) is 5.13 Å². The molecule has 0 atom stereocenters. The van der Waals surface area contributed by atoms with Crippen molar-refractivity contribution >= 4 is 32.4 Å². The van der Waals surface area contributed by atoms with Crippen LogP contribution in [0.4, 0.5) is 18.3 Å². The number of aromatic nitrogens is 1. The van der Waals surface area contributed by atoms with Crippen LogP contribution >= 0.6 is 11.3 Å². The molecule has 0 saturated carbocycles. The van der Waals surface area contributed by atoms with E-state index in [1.807, 2.05) is 0 Å². The van der Waals surface area contributed by atoms with Crippen LogP contribution in [0.25, 0.3) is 0 Å². The Balaban J connectivity index is 1.70. The van der Waals surface area contributed by atoms with E-state index in [0.717, 1.165) is 23.5 Å². The second-order valence-electron chi connectivity index (χ2n) is 6.52. The lowest BCUT2D eigenvalue weighted by molar-refractivity contribution is -0.137. The number of carbonyl (C=O) groups is 1. The maximum Gasteiger partial charge on any atom is 0.416 e. The molecule has 0 spiro atoms. The number of carbonyl (C=O) groups excluding carboxylic acids is 1.